The molecule has 0 aliphatic rings. The highest BCUT2D eigenvalue weighted by Crippen LogP contribution is 1.97. The van der Waals surface area contributed by atoms with Crippen molar-refractivity contribution < 1.29 is 23.9 Å². The summed E-state index contributed by atoms with van der Waals surface area (Å²) in [5.41, 5.74) is 4.01. The molecule has 0 fully saturated rings. The van der Waals surface area contributed by atoms with E-state index in [1.165, 1.54) is 18.4 Å². The van der Waals surface area contributed by atoms with Gasteiger partial charge in [0.15, 0.2) is 5.76 Å². The Hall–Kier alpha value is -2.57. The minimum absolute atomic E-state index is 0.0301. The van der Waals surface area contributed by atoms with E-state index in [0.29, 0.717) is 6.08 Å². The van der Waals surface area contributed by atoms with Gasteiger partial charge in [-0.3, -0.25) is 20.4 Å². The smallest absolute Gasteiger partial charge is 0.328 e. The number of carbonyl (C=O) groups is 3. The molecule has 84 valence electrons. The lowest BCUT2D eigenvalue weighted by molar-refractivity contribution is -0.131. The van der Waals surface area contributed by atoms with Gasteiger partial charge in [0.2, 0.25) is 0 Å². The van der Waals surface area contributed by atoms with E-state index < -0.39 is 17.8 Å². The fourth-order valence-electron chi connectivity index (χ4n) is 0.776. The molecule has 1 heterocycles. The van der Waals surface area contributed by atoms with Gasteiger partial charge in [-0.15, -0.1) is 0 Å². The first-order valence-electron chi connectivity index (χ1n) is 4.14. The van der Waals surface area contributed by atoms with Crippen LogP contribution in [-0.2, 0) is 9.59 Å². The second kappa shape index (κ2) is 5.35. The second-order valence-electron chi connectivity index (χ2n) is 2.59. The molecule has 1 aromatic rings. The number of rotatable bonds is 3. The summed E-state index contributed by atoms with van der Waals surface area (Å²) in [6.45, 7) is 0. The molecule has 3 N–H and O–H groups in total. The molecule has 0 aliphatic carbocycles. The van der Waals surface area contributed by atoms with E-state index in [4.69, 9.17) is 9.52 Å². The summed E-state index contributed by atoms with van der Waals surface area (Å²) in [6.07, 6.45) is 2.72. The van der Waals surface area contributed by atoms with Crippen LogP contribution in [0.5, 0.6) is 0 Å². The van der Waals surface area contributed by atoms with Crippen LogP contribution in [0.15, 0.2) is 35.0 Å². The van der Waals surface area contributed by atoms with Gasteiger partial charge >= 0.3 is 11.9 Å². The van der Waals surface area contributed by atoms with E-state index in [0.717, 1.165) is 6.08 Å². The Morgan fingerprint density at radius 3 is 2.56 bits per heavy atom. The summed E-state index contributed by atoms with van der Waals surface area (Å²) in [5, 5.41) is 8.22. The molecule has 16 heavy (non-hydrogen) atoms. The zero-order chi connectivity index (χ0) is 12.0. The number of furan rings is 1. The fraction of sp³-hybridized carbons (Fsp3) is 0. The molecule has 1 aromatic heterocycles. The summed E-state index contributed by atoms with van der Waals surface area (Å²) in [5.74, 6) is -2.63. The van der Waals surface area contributed by atoms with Crippen molar-refractivity contribution in [2.75, 3.05) is 0 Å². The van der Waals surface area contributed by atoms with Crippen LogP contribution in [0.1, 0.15) is 10.6 Å². The lowest BCUT2D eigenvalue weighted by Crippen LogP contribution is -2.40. The maximum Gasteiger partial charge on any atom is 0.328 e. The number of carbonyl (C=O) groups excluding carboxylic acids is 2. The number of carboxylic acids is 1. The molecule has 0 unspecified atom stereocenters. The molecular formula is C9H8N2O5. The highest BCUT2D eigenvalue weighted by atomic mass is 16.4. The summed E-state index contributed by atoms with van der Waals surface area (Å²) in [6, 6.07) is 2.93. The Morgan fingerprint density at radius 2 is 2.00 bits per heavy atom. The van der Waals surface area contributed by atoms with Crippen molar-refractivity contribution in [3.63, 3.8) is 0 Å². The summed E-state index contributed by atoms with van der Waals surface area (Å²) in [4.78, 5) is 32.2. The third kappa shape index (κ3) is 3.66. The maximum atomic E-state index is 11.2. The Bertz CT molecular complexity index is 421. The molecule has 0 saturated heterocycles. The first-order chi connectivity index (χ1) is 7.59. The quantitative estimate of drug-likeness (QED) is 0.481. The van der Waals surface area contributed by atoms with Crippen molar-refractivity contribution in [1.29, 1.82) is 0 Å². The summed E-state index contributed by atoms with van der Waals surface area (Å²) in [7, 11) is 0. The van der Waals surface area contributed by atoms with E-state index in [1.807, 2.05) is 10.9 Å². The second-order valence-corrected chi connectivity index (χ2v) is 2.59. The monoisotopic (exact) mass is 224 g/mol. The largest absolute Gasteiger partial charge is 0.478 e. The van der Waals surface area contributed by atoms with E-state index in [2.05, 4.69) is 0 Å². The van der Waals surface area contributed by atoms with E-state index >= 15 is 0 Å². The molecule has 0 saturated carbocycles. The molecule has 1 rings (SSSR count). The molecule has 0 spiro atoms. The molecule has 0 bridgehead atoms. The van der Waals surface area contributed by atoms with Crippen molar-refractivity contribution in [3.05, 3.63) is 36.3 Å². The maximum absolute atomic E-state index is 11.2. The number of hydrogen-bond donors (Lipinski definition) is 3. The van der Waals surface area contributed by atoms with Crippen LogP contribution < -0.4 is 10.9 Å². The Morgan fingerprint density at radius 1 is 1.25 bits per heavy atom. The van der Waals surface area contributed by atoms with Crippen LogP contribution in [0.4, 0.5) is 0 Å². The molecule has 7 nitrogen and oxygen atoms in total. The average Bonchev–Trinajstić information content (AvgIpc) is 2.76. The standard InChI is InChI=1S/C9H8N2O5/c12-7(3-4-8(13)14)10-11-9(15)6-2-1-5-16-6/h1-5H,(H,10,12)(H,11,15)(H,13,14). The van der Waals surface area contributed by atoms with Crippen molar-refractivity contribution in [3.8, 4) is 0 Å². The number of amides is 2. The predicted octanol–water partition coefficient (Wildman–Crippen LogP) is -0.319. The molecule has 0 aromatic carbocycles. The zero-order valence-corrected chi connectivity index (χ0v) is 7.97. The normalized spacial score (nSPS) is 10.0. The topological polar surface area (TPSA) is 109 Å². The highest BCUT2D eigenvalue weighted by Gasteiger charge is 2.07. The lowest BCUT2D eigenvalue weighted by atomic mass is 10.4. The molecule has 0 radical (unpaired) electrons. The van der Waals surface area contributed by atoms with Crippen molar-refractivity contribution in [2.24, 2.45) is 0 Å². The van der Waals surface area contributed by atoms with Gasteiger partial charge in [0.05, 0.1) is 6.26 Å². The molecular weight excluding hydrogens is 216 g/mol. The number of aliphatic carboxylic acids is 1. The van der Waals surface area contributed by atoms with E-state index in [1.54, 1.807) is 0 Å². The number of hydrogen-bond acceptors (Lipinski definition) is 4. The molecule has 0 atom stereocenters. The number of hydrazine groups is 1. The van der Waals surface area contributed by atoms with Crippen molar-refractivity contribution in [2.45, 2.75) is 0 Å². The number of carboxylic acid groups (broad SMARTS) is 1. The lowest BCUT2D eigenvalue weighted by Gasteiger charge is -2.01. The van der Waals surface area contributed by atoms with Crippen LogP contribution in [0.25, 0.3) is 0 Å². The van der Waals surface area contributed by atoms with Gasteiger partial charge < -0.3 is 9.52 Å². The van der Waals surface area contributed by atoms with Gasteiger partial charge in [-0.05, 0) is 12.1 Å². The van der Waals surface area contributed by atoms with Crippen LogP contribution in [-0.4, -0.2) is 22.9 Å². The van der Waals surface area contributed by atoms with Gasteiger partial charge in [-0.25, -0.2) is 4.79 Å². The fourth-order valence-corrected chi connectivity index (χ4v) is 0.776. The van der Waals surface area contributed by atoms with Crippen molar-refractivity contribution in [1.82, 2.24) is 10.9 Å². The van der Waals surface area contributed by atoms with Gasteiger partial charge in [-0.1, -0.05) is 0 Å². The SMILES string of the molecule is O=C(O)C=CC(=O)NNC(=O)c1ccco1. The summed E-state index contributed by atoms with van der Waals surface area (Å²) >= 11 is 0. The average molecular weight is 224 g/mol. The summed E-state index contributed by atoms with van der Waals surface area (Å²) < 4.78 is 4.75. The van der Waals surface area contributed by atoms with Crippen LogP contribution in [0.2, 0.25) is 0 Å². The molecule has 2 amide bonds. The predicted molar refractivity (Wildman–Crippen MR) is 51.1 cm³/mol. The zero-order valence-electron chi connectivity index (χ0n) is 7.97. The highest BCUT2D eigenvalue weighted by molar-refractivity contribution is 5.97. The van der Waals surface area contributed by atoms with Crippen LogP contribution in [0, 0.1) is 0 Å². The van der Waals surface area contributed by atoms with E-state index in [-0.39, 0.29) is 5.76 Å². The van der Waals surface area contributed by atoms with E-state index in [9.17, 15) is 14.4 Å². The molecule has 0 aliphatic heterocycles. The number of nitrogens with one attached hydrogen (secondary N) is 2. The minimum Gasteiger partial charge on any atom is -0.478 e. The first-order valence-corrected chi connectivity index (χ1v) is 4.14. The van der Waals surface area contributed by atoms with Gasteiger partial charge in [0.25, 0.3) is 5.91 Å². The third-order valence-electron chi connectivity index (χ3n) is 1.42. The third-order valence-corrected chi connectivity index (χ3v) is 1.42. The van der Waals surface area contributed by atoms with Gasteiger partial charge in [0.1, 0.15) is 0 Å². The molecule has 7 heteroatoms. The minimum atomic E-state index is -1.26. The van der Waals surface area contributed by atoms with Gasteiger partial charge in [-0.2, -0.15) is 0 Å². The van der Waals surface area contributed by atoms with Crippen LogP contribution in [0.3, 0.4) is 0 Å². The van der Waals surface area contributed by atoms with Crippen molar-refractivity contribution >= 4 is 17.8 Å². The first kappa shape index (κ1) is 11.5. The Labute approximate surface area is 89.7 Å². The Balaban J connectivity index is 2.38. The van der Waals surface area contributed by atoms with Gasteiger partial charge in [0, 0.05) is 12.2 Å². The van der Waals surface area contributed by atoms with Crippen LogP contribution >= 0.6 is 0 Å². The Kier molecular flexibility index (Phi) is 3.84.